The number of phenols is 1. The predicted molar refractivity (Wildman–Crippen MR) is 69.4 cm³/mol. The molecule has 19 heavy (non-hydrogen) atoms. The first-order valence-electron chi connectivity index (χ1n) is 5.79. The van der Waals surface area contributed by atoms with Crippen molar-refractivity contribution in [3.8, 4) is 5.75 Å². The van der Waals surface area contributed by atoms with Gasteiger partial charge in [-0.15, -0.1) is 0 Å². The van der Waals surface area contributed by atoms with Crippen LogP contribution in [0.4, 0.5) is 5.69 Å². The van der Waals surface area contributed by atoms with Crippen LogP contribution >= 0.6 is 0 Å². The highest BCUT2D eigenvalue weighted by Crippen LogP contribution is 2.24. The van der Waals surface area contributed by atoms with E-state index in [0.29, 0.717) is 6.61 Å². The maximum Gasteiger partial charge on any atom is 0.335 e. The molecule has 3 N–H and O–H groups in total. The Balaban J connectivity index is 2.67. The molecular weight excluding hydrogens is 250 g/mol. The highest BCUT2D eigenvalue weighted by atomic mass is 16.5. The average molecular weight is 267 g/mol. The maximum absolute atomic E-state index is 11.7. The smallest absolute Gasteiger partial charge is 0.335 e. The van der Waals surface area contributed by atoms with E-state index in [2.05, 4.69) is 5.32 Å². The summed E-state index contributed by atoms with van der Waals surface area (Å²) in [6, 6.07) is 3.77. The number of ether oxygens (including phenoxy) is 1. The Kier molecular flexibility index (Phi) is 5.32. The molecule has 0 saturated heterocycles. The van der Waals surface area contributed by atoms with Gasteiger partial charge in [0, 0.05) is 20.1 Å². The lowest BCUT2D eigenvalue weighted by molar-refractivity contribution is -0.117. The second-order valence-corrected chi connectivity index (χ2v) is 4.35. The molecule has 0 saturated carbocycles. The van der Waals surface area contributed by atoms with Crippen LogP contribution < -0.4 is 5.32 Å². The number of methoxy groups -OCH3 is 1. The van der Waals surface area contributed by atoms with E-state index in [0.717, 1.165) is 6.07 Å². The van der Waals surface area contributed by atoms with Crippen LogP contribution in [0.25, 0.3) is 0 Å². The van der Waals surface area contributed by atoms with E-state index in [1.54, 1.807) is 7.11 Å². The Hall–Kier alpha value is -2.08. The number of amides is 1. The highest BCUT2D eigenvalue weighted by molar-refractivity contribution is 5.94. The van der Waals surface area contributed by atoms with Gasteiger partial charge < -0.3 is 20.3 Å². The standard InChI is InChI=1S/C13H17NO5/c1-8(7-19-2)5-12(16)14-10-4-3-9(13(17)18)6-11(10)15/h3-4,6,8,15H,5,7H2,1-2H3,(H,14,16)(H,17,18). The number of phenolic OH excluding ortho intramolecular Hbond substituents is 1. The van der Waals surface area contributed by atoms with Gasteiger partial charge in [0.2, 0.25) is 5.91 Å². The van der Waals surface area contributed by atoms with Crippen molar-refractivity contribution < 1.29 is 24.5 Å². The molecule has 0 fully saturated rings. The van der Waals surface area contributed by atoms with Crippen molar-refractivity contribution in [2.24, 2.45) is 5.92 Å². The van der Waals surface area contributed by atoms with Crippen LogP contribution in [0.3, 0.4) is 0 Å². The van der Waals surface area contributed by atoms with Gasteiger partial charge in [0.1, 0.15) is 5.75 Å². The zero-order valence-corrected chi connectivity index (χ0v) is 10.8. The van der Waals surface area contributed by atoms with E-state index in [-0.39, 0.29) is 35.2 Å². The molecule has 0 aliphatic heterocycles. The number of hydrogen-bond donors (Lipinski definition) is 3. The zero-order valence-electron chi connectivity index (χ0n) is 10.8. The van der Waals surface area contributed by atoms with Crippen molar-refractivity contribution in [3.05, 3.63) is 23.8 Å². The van der Waals surface area contributed by atoms with E-state index in [9.17, 15) is 14.7 Å². The van der Waals surface area contributed by atoms with Crippen molar-refractivity contribution in [2.75, 3.05) is 19.0 Å². The molecule has 0 aliphatic carbocycles. The lowest BCUT2D eigenvalue weighted by Crippen LogP contribution is -2.17. The van der Waals surface area contributed by atoms with Gasteiger partial charge in [0.05, 0.1) is 11.3 Å². The molecular formula is C13H17NO5. The Bertz CT molecular complexity index is 472. The summed E-state index contributed by atoms with van der Waals surface area (Å²) in [5, 5.41) is 20.9. The minimum absolute atomic E-state index is 0.0387. The lowest BCUT2D eigenvalue weighted by atomic mass is 10.1. The fraction of sp³-hybridized carbons (Fsp3) is 0.385. The fourth-order valence-corrected chi connectivity index (χ4v) is 1.63. The molecule has 1 rings (SSSR count). The Morgan fingerprint density at radius 1 is 1.42 bits per heavy atom. The molecule has 1 amide bonds. The molecule has 1 aromatic carbocycles. The Morgan fingerprint density at radius 3 is 2.63 bits per heavy atom. The van der Waals surface area contributed by atoms with Crippen molar-refractivity contribution in [2.45, 2.75) is 13.3 Å². The second-order valence-electron chi connectivity index (χ2n) is 4.35. The highest BCUT2D eigenvalue weighted by Gasteiger charge is 2.12. The number of aromatic hydroxyl groups is 1. The molecule has 6 nitrogen and oxygen atoms in total. The maximum atomic E-state index is 11.7. The summed E-state index contributed by atoms with van der Waals surface area (Å²) in [7, 11) is 1.56. The van der Waals surface area contributed by atoms with Gasteiger partial charge in [-0.25, -0.2) is 4.79 Å². The number of carboxylic acid groups (broad SMARTS) is 1. The molecule has 0 aliphatic rings. The lowest BCUT2D eigenvalue weighted by Gasteiger charge is -2.11. The first-order valence-corrected chi connectivity index (χ1v) is 5.79. The van der Waals surface area contributed by atoms with E-state index in [1.165, 1.54) is 12.1 Å². The van der Waals surface area contributed by atoms with Crippen LogP contribution in [0.15, 0.2) is 18.2 Å². The minimum Gasteiger partial charge on any atom is -0.506 e. The Labute approximate surface area is 111 Å². The zero-order chi connectivity index (χ0) is 14.4. The van der Waals surface area contributed by atoms with Gasteiger partial charge >= 0.3 is 5.97 Å². The number of carbonyl (C=O) groups is 2. The summed E-state index contributed by atoms with van der Waals surface area (Å²) in [5.41, 5.74) is 0.155. The SMILES string of the molecule is COCC(C)CC(=O)Nc1ccc(C(=O)O)cc1O. The summed E-state index contributed by atoms with van der Waals surface area (Å²) in [6.07, 6.45) is 0.258. The van der Waals surface area contributed by atoms with Gasteiger partial charge in [-0.3, -0.25) is 4.79 Å². The molecule has 6 heteroatoms. The third-order valence-electron chi connectivity index (χ3n) is 2.50. The summed E-state index contributed by atoms with van der Waals surface area (Å²) < 4.78 is 4.93. The van der Waals surface area contributed by atoms with Crippen LogP contribution in [0, 0.1) is 5.92 Å². The normalized spacial score (nSPS) is 11.9. The van der Waals surface area contributed by atoms with E-state index in [1.807, 2.05) is 6.92 Å². The number of carbonyl (C=O) groups excluding carboxylic acids is 1. The van der Waals surface area contributed by atoms with Crippen molar-refractivity contribution >= 4 is 17.6 Å². The van der Waals surface area contributed by atoms with Crippen molar-refractivity contribution in [1.82, 2.24) is 0 Å². The first-order chi connectivity index (χ1) is 8.93. The molecule has 0 heterocycles. The largest absolute Gasteiger partial charge is 0.506 e. The van der Waals surface area contributed by atoms with Gasteiger partial charge in [-0.2, -0.15) is 0 Å². The number of hydrogen-bond acceptors (Lipinski definition) is 4. The van der Waals surface area contributed by atoms with Crippen LogP contribution in [0.1, 0.15) is 23.7 Å². The number of carboxylic acids is 1. The van der Waals surface area contributed by atoms with E-state index in [4.69, 9.17) is 9.84 Å². The number of rotatable bonds is 6. The summed E-state index contributed by atoms with van der Waals surface area (Å²) in [6.45, 7) is 2.34. The van der Waals surface area contributed by atoms with Crippen LogP contribution in [-0.4, -0.2) is 35.8 Å². The third-order valence-corrected chi connectivity index (χ3v) is 2.50. The number of aromatic carboxylic acids is 1. The summed E-state index contributed by atoms with van der Waals surface area (Å²) in [5.74, 6) is -1.61. The second kappa shape index (κ2) is 6.75. The monoisotopic (exact) mass is 267 g/mol. The number of benzene rings is 1. The van der Waals surface area contributed by atoms with E-state index < -0.39 is 5.97 Å². The summed E-state index contributed by atoms with van der Waals surface area (Å²) in [4.78, 5) is 22.4. The molecule has 1 aromatic rings. The van der Waals surface area contributed by atoms with Crippen molar-refractivity contribution in [1.29, 1.82) is 0 Å². The van der Waals surface area contributed by atoms with Crippen molar-refractivity contribution in [3.63, 3.8) is 0 Å². The number of nitrogens with one attached hydrogen (secondary N) is 1. The van der Waals surface area contributed by atoms with Gasteiger partial charge in [-0.05, 0) is 24.1 Å². The van der Waals surface area contributed by atoms with E-state index >= 15 is 0 Å². The van der Waals surface area contributed by atoms with Crippen LogP contribution in [-0.2, 0) is 9.53 Å². The van der Waals surface area contributed by atoms with Crippen LogP contribution in [0.5, 0.6) is 5.75 Å². The minimum atomic E-state index is -1.14. The van der Waals surface area contributed by atoms with Gasteiger partial charge in [-0.1, -0.05) is 6.92 Å². The molecule has 0 bridgehead atoms. The Morgan fingerprint density at radius 2 is 2.11 bits per heavy atom. The first kappa shape index (κ1) is 15.0. The molecule has 1 unspecified atom stereocenters. The molecule has 0 spiro atoms. The number of anilines is 1. The molecule has 1 atom stereocenters. The van der Waals surface area contributed by atoms with Crippen LogP contribution in [0.2, 0.25) is 0 Å². The van der Waals surface area contributed by atoms with Gasteiger partial charge in [0.25, 0.3) is 0 Å². The molecule has 0 aromatic heterocycles. The summed E-state index contributed by atoms with van der Waals surface area (Å²) >= 11 is 0. The topological polar surface area (TPSA) is 95.9 Å². The predicted octanol–water partition coefficient (Wildman–Crippen LogP) is 1.70. The average Bonchev–Trinajstić information content (AvgIpc) is 2.31. The van der Waals surface area contributed by atoms with Gasteiger partial charge in [0.15, 0.2) is 0 Å². The molecule has 0 radical (unpaired) electrons. The quantitative estimate of drug-likeness (QED) is 0.682. The molecule has 104 valence electrons. The third kappa shape index (κ3) is 4.59. The fourth-order valence-electron chi connectivity index (χ4n) is 1.63.